The summed E-state index contributed by atoms with van der Waals surface area (Å²) in [5, 5.41) is 2.67. The molecule has 0 radical (unpaired) electrons. The molecule has 218 valence electrons. The van der Waals surface area contributed by atoms with E-state index in [9.17, 15) is 14.4 Å². The lowest BCUT2D eigenvalue weighted by Gasteiger charge is -2.09. The number of benzene rings is 4. The molecule has 7 nitrogen and oxygen atoms in total. The highest BCUT2D eigenvalue weighted by atomic mass is 16.5. The van der Waals surface area contributed by atoms with E-state index in [-0.39, 0.29) is 5.97 Å². The number of para-hydroxylation sites is 1. The number of fused-ring (bicyclic) bond motifs is 2. The quantitative estimate of drug-likeness (QED) is 0.0490. The molecule has 1 heterocycles. The van der Waals surface area contributed by atoms with E-state index >= 15 is 0 Å². The molecule has 0 N–H and O–H groups in total. The third-order valence-corrected chi connectivity index (χ3v) is 6.95. The number of unbranched alkanes of at least 4 members (excludes halogenated alkanes) is 3. The van der Waals surface area contributed by atoms with E-state index in [1.165, 1.54) is 0 Å². The zero-order chi connectivity index (χ0) is 30.2. The lowest BCUT2D eigenvalue weighted by molar-refractivity contribution is -0.139. The molecule has 0 atom stereocenters. The Bertz CT molecular complexity index is 1830. The number of esters is 2. The summed E-state index contributed by atoms with van der Waals surface area (Å²) in [4.78, 5) is 36.7. The Balaban J connectivity index is 1.12. The molecule has 0 aliphatic heterocycles. The van der Waals surface area contributed by atoms with Crippen molar-refractivity contribution in [2.75, 3.05) is 13.2 Å². The van der Waals surface area contributed by atoms with Crippen LogP contribution in [0.15, 0.2) is 112 Å². The molecule has 0 saturated heterocycles. The van der Waals surface area contributed by atoms with Gasteiger partial charge in [0.05, 0.1) is 24.3 Å². The van der Waals surface area contributed by atoms with Crippen molar-refractivity contribution in [3.05, 3.63) is 119 Å². The van der Waals surface area contributed by atoms with E-state index in [0.29, 0.717) is 46.8 Å². The summed E-state index contributed by atoms with van der Waals surface area (Å²) in [6.07, 6.45) is 3.64. The van der Waals surface area contributed by atoms with Crippen molar-refractivity contribution in [2.45, 2.75) is 32.6 Å². The molecular weight excluding hydrogens is 544 g/mol. The van der Waals surface area contributed by atoms with Gasteiger partial charge in [0.15, 0.2) is 0 Å². The van der Waals surface area contributed by atoms with Gasteiger partial charge in [0.1, 0.15) is 17.1 Å². The number of ether oxygens (including phenoxy) is 3. The highest BCUT2D eigenvalue weighted by molar-refractivity contribution is 5.96. The summed E-state index contributed by atoms with van der Waals surface area (Å²) in [6, 6.07) is 27.0. The van der Waals surface area contributed by atoms with Gasteiger partial charge in [-0.05, 0) is 97.5 Å². The summed E-state index contributed by atoms with van der Waals surface area (Å²) in [5.74, 6) is 0.313. The van der Waals surface area contributed by atoms with Crippen LogP contribution in [-0.2, 0) is 9.53 Å². The first kappa shape index (κ1) is 29.3. The van der Waals surface area contributed by atoms with Gasteiger partial charge in [-0.2, -0.15) is 0 Å². The predicted octanol–water partition coefficient (Wildman–Crippen LogP) is 7.89. The van der Waals surface area contributed by atoms with Crippen LogP contribution in [0.5, 0.6) is 11.5 Å². The minimum atomic E-state index is -0.477. The monoisotopic (exact) mass is 576 g/mol. The SMILES string of the molecule is C=C(C)C(=O)OCCCCCCOc1ccc2cc(C(=O)Oc3ccc(-c4cc5ccccc5oc4=O)cc3)ccc2c1. The third-order valence-electron chi connectivity index (χ3n) is 6.95. The Kier molecular flexibility index (Phi) is 9.32. The maximum Gasteiger partial charge on any atom is 0.344 e. The first-order valence-corrected chi connectivity index (χ1v) is 14.2. The standard InChI is InChI=1S/C36H32O7/c1-24(2)34(37)41-20-8-4-3-7-19-40-31-18-15-26-21-29(12-11-27(26)22-31)35(38)42-30-16-13-25(14-17-30)32-23-28-9-5-6-10-33(28)43-36(32)39/h5-6,9-18,21-23H,1,3-4,7-8,19-20H2,2H3. The van der Waals surface area contributed by atoms with Gasteiger partial charge < -0.3 is 18.6 Å². The molecule has 0 fully saturated rings. The maximum atomic E-state index is 12.9. The highest BCUT2D eigenvalue weighted by Crippen LogP contribution is 2.26. The smallest absolute Gasteiger partial charge is 0.344 e. The van der Waals surface area contributed by atoms with Crippen molar-refractivity contribution >= 4 is 33.7 Å². The van der Waals surface area contributed by atoms with Crippen LogP contribution in [0, 0.1) is 0 Å². The average Bonchev–Trinajstić information content (AvgIpc) is 3.02. The van der Waals surface area contributed by atoms with Crippen LogP contribution in [-0.4, -0.2) is 25.2 Å². The van der Waals surface area contributed by atoms with Crippen LogP contribution >= 0.6 is 0 Å². The maximum absolute atomic E-state index is 12.9. The number of carbonyl (C=O) groups is 2. The zero-order valence-electron chi connectivity index (χ0n) is 24.0. The largest absolute Gasteiger partial charge is 0.494 e. The normalized spacial score (nSPS) is 10.9. The zero-order valence-corrected chi connectivity index (χ0v) is 24.0. The summed E-state index contributed by atoms with van der Waals surface area (Å²) in [6.45, 7) is 6.20. The van der Waals surface area contributed by atoms with Crippen molar-refractivity contribution in [3.63, 3.8) is 0 Å². The molecule has 0 saturated carbocycles. The molecule has 0 unspecified atom stereocenters. The summed E-state index contributed by atoms with van der Waals surface area (Å²) in [5.41, 5.74) is 2.05. The Hall–Kier alpha value is -5.17. The molecule has 5 aromatic rings. The van der Waals surface area contributed by atoms with Gasteiger partial charge in [-0.25, -0.2) is 14.4 Å². The number of carbonyl (C=O) groups excluding carboxylic acids is 2. The van der Waals surface area contributed by atoms with Crippen molar-refractivity contribution < 1.29 is 28.2 Å². The molecule has 43 heavy (non-hydrogen) atoms. The molecule has 0 spiro atoms. The van der Waals surface area contributed by atoms with Crippen molar-refractivity contribution in [1.29, 1.82) is 0 Å². The van der Waals surface area contributed by atoms with E-state index < -0.39 is 11.6 Å². The number of hydrogen-bond acceptors (Lipinski definition) is 7. The van der Waals surface area contributed by atoms with E-state index in [2.05, 4.69) is 6.58 Å². The van der Waals surface area contributed by atoms with Gasteiger partial charge in [-0.1, -0.05) is 49.0 Å². The van der Waals surface area contributed by atoms with Crippen molar-refractivity contribution in [3.8, 4) is 22.6 Å². The van der Waals surface area contributed by atoms with Crippen LogP contribution in [0.2, 0.25) is 0 Å². The molecule has 0 bridgehead atoms. The van der Waals surface area contributed by atoms with Gasteiger partial charge in [-0.15, -0.1) is 0 Å². The van der Waals surface area contributed by atoms with E-state index in [1.54, 1.807) is 55.5 Å². The average molecular weight is 577 g/mol. The molecule has 0 aliphatic carbocycles. The van der Waals surface area contributed by atoms with Crippen LogP contribution in [0.4, 0.5) is 0 Å². The fraction of sp³-hybridized carbons (Fsp3) is 0.194. The number of hydrogen-bond donors (Lipinski definition) is 0. The molecule has 0 amide bonds. The second kappa shape index (κ2) is 13.7. The topological polar surface area (TPSA) is 92.0 Å². The lowest BCUT2D eigenvalue weighted by Crippen LogP contribution is -2.08. The fourth-order valence-corrected chi connectivity index (χ4v) is 4.61. The van der Waals surface area contributed by atoms with E-state index in [1.807, 2.05) is 42.5 Å². The molecule has 5 rings (SSSR count). The Morgan fingerprint density at radius 3 is 2.23 bits per heavy atom. The summed E-state index contributed by atoms with van der Waals surface area (Å²) >= 11 is 0. The highest BCUT2D eigenvalue weighted by Gasteiger charge is 2.12. The predicted molar refractivity (Wildman–Crippen MR) is 167 cm³/mol. The van der Waals surface area contributed by atoms with Crippen LogP contribution in [0.25, 0.3) is 32.9 Å². The van der Waals surface area contributed by atoms with Crippen LogP contribution in [0.1, 0.15) is 43.0 Å². The van der Waals surface area contributed by atoms with Gasteiger partial charge in [0.2, 0.25) is 0 Å². The van der Waals surface area contributed by atoms with Crippen LogP contribution in [0.3, 0.4) is 0 Å². The minimum absolute atomic E-state index is 0.343. The summed E-state index contributed by atoms with van der Waals surface area (Å²) in [7, 11) is 0. The molecule has 4 aromatic carbocycles. The Labute approximate surface area is 249 Å². The Morgan fingerprint density at radius 1 is 0.744 bits per heavy atom. The second-order valence-corrected chi connectivity index (χ2v) is 10.3. The number of rotatable bonds is 12. The van der Waals surface area contributed by atoms with Gasteiger partial charge in [0.25, 0.3) is 0 Å². The van der Waals surface area contributed by atoms with E-state index in [0.717, 1.165) is 47.6 Å². The van der Waals surface area contributed by atoms with Crippen molar-refractivity contribution in [2.24, 2.45) is 0 Å². The van der Waals surface area contributed by atoms with Gasteiger partial charge >= 0.3 is 17.6 Å². The fourth-order valence-electron chi connectivity index (χ4n) is 4.61. The lowest BCUT2D eigenvalue weighted by atomic mass is 10.1. The van der Waals surface area contributed by atoms with E-state index in [4.69, 9.17) is 18.6 Å². The molecule has 7 heteroatoms. The Morgan fingerprint density at radius 2 is 1.44 bits per heavy atom. The molecular formula is C36H32O7. The summed E-state index contributed by atoms with van der Waals surface area (Å²) < 4.78 is 22.0. The first-order valence-electron chi connectivity index (χ1n) is 14.2. The molecule has 0 aliphatic rings. The third kappa shape index (κ3) is 7.57. The second-order valence-electron chi connectivity index (χ2n) is 10.3. The van der Waals surface area contributed by atoms with Gasteiger partial charge in [0, 0.05) is 11.0 Å². The minimum Gasteiger partial charge on any atom is -0.494 e. The first-order chi connectivity index (χ1) is 20.9. The molecule has 1 aromatic heterocycles. The van der Waals surface area contributed by atoms with Gasteiger partial charge in [-0.3, -0.25) is 0 Å². The van der Waals surface area contributed by atoms with Crippen molar-refractivity contribution in [1.82, 2.24) is 0 Å². The van der Waals surface area contributed by atoms with Crippen LogP contribution < -0.4 is 15.1 Å².